The van der Waals surface area contributed by atoms with E-state index in [0.717, 1.165) is 43.9 Å². The zero-order valence-corrected chi connectivity index (χ0v) is 11.6. The van der Waals surface area contributed by atoms with E-state index in [9.17, 15) is 4.79 Å². The topological polar surface area (TPSA) is 56.2 Å². The van der Waals surface area contributed by atoms with E-state index in [1.807, 2.05) is 24.7 Å². The van der Waals surface area contributed by atoms with Gasteiger partial charge in [-0.25, -0.2) is 0 Å². The molecule has 104 valence electrons. The second-order valence-electron chi connectivity index (χ2n) is 5.22. The summed E-state index contributed by atoms with van der Waals surface area (Å²) >= 11 is 0. The predicted octanol–water partition coefficient (Wildman–Crippen LogP) is 2.21. The number of aromatic nitrogens is 2. The van der Waals surface area contributed by atoms with Gasteiger partial charge in [-0.05, 0) is 32.6 Å². The summed E-state index contributed by atoms with van der Waals surface area (Å²) < 4.78 is 7.24. The highest BCUT2D eigenvalue weighted by Crippen LogP contribution is 2.17. The van der Waals surface area contributed by atoms with Crippen molar-refractivity contribution in [3.63, 3.8) is 0 Å². The molecular formula is C14H21N3O2. The van der Waals surface area contributed by atoms with Gasteiger partial charge < -0.3 is 10.1 Å². The lowest BCUT2D eigenvalue weighted by atomic mass is 10.0. The maximum Gasteiger partial charge on any atom is 0.248 e. The predicted molar refractivity (Wildman–Crippen MR) is 73.8 cm³/mol. The van der Waals surface area contributed by atoms with Gasteiger partial charge in [0, 0.05) is 32.0 Å². The fraction of sp³-hybridized carbons (Fsp3) is 0.571. The molecule has 2 heterocycles. The van der Waals surface area contributed by atoms with Crippen molar-refractivity contribution >= 4 is 11.6 Å². The second-order valence-corrected chi connectivity index (χ2v) is 5.22. The molecule has 0 aliphatic carbocycles. The smallest absolute Gasteiger partial charge is 0.248 e. The molecule has 1 saturated heterocycles. The molecule has 0 bridgehead atoms. The average Bonchev–Trinajstić information content (AvgIpc) is 2.76. The van der Waals surface area contributed by atoms with Crippen LogP contribution in [-0.4, -0.2) is 28.9 Å². The molecule has 1 aromatic heterocycles. The molecule has 2 rings (SSSR count). The highest BCUT2D eigenvalue weighted by Gasteiger charge is 2.14. The number of rotatable bonds is 4. The number of carbonyl (C=O) groups is 1. The standard InChI is InChI=1S/C14H21N3O2/c1-11(2)7-14(18)16-13-8-15-17(10-13)9-12-3-5-19-6-4-12/h7-8,10,12H,3-6,9H2,1-2H3,(H,16,18). The minimum atomic E-state index is -0.106. The maximum absolute atomic E-state index is 11.6. The van der Waals surface area contributed by atoms with Gasteiger partial charge in [-0.2, -0.15) is 5.10 Å². The van der Waals surface area contributed by atoms with Crippen LogP contribution >= 0.6 is 0 Å². The summed E-state index contributed by atoms with van der Waals surface area (Å²) in [7, 11) is 0. The molecule has 5 heteroatoms. The number of carbonyl (C=O) groups excluding carboxylic acids is 1. The lowest BCUT2D eigenvalue weighted by Crippen LogP contribution is -2.20. The van der Waals surface area contributed by atoms with Crippen molar-refractivity contribution in [3.05, 3.63) is 24.0 Å². The molecular weight excluding hydrogens is 242 g/mol. The van der Waals surface area contributed by atoms with Crippen LogP contribution in [0.5, 0.6) is 0 Å². The van der Waals surface area contributed by atoms with E-state index in [4.69, 9.17) is 4.74 Å². The van der Waals surface area contributed by atoms with Gasteiger partial charge in [-0.15, -0.1) is 0 Å². The first-order chi connectivity index (χ1) is 9.13. The zero-order valence-electron chi connectivity index (χ0n) is 11.6. The van der Waals surface area contributed by atoms with Gasteiger partial charge in [0.05, 0.1) is 11.9 Å². The summed E-state index contributed by atoms with van der Waals surface area (Å²) in [6, 6.07) is 0. The van der Waals surface area contributed by atoms with Crippen LogP contribution in [0.4, 0.5) is 5.69 Å². The van der Waals surface area contributed by atoms with Crippen molar-refractivity contribution in [2.24, 2.45) is 5.92 Å². The Morgan fingerprint density at radius 1 is 1.53 bits per heavy atom. The van der Waals surface area contributed by atoms with E-state index in [2.05, 4.69) is 10.4 Å². The van der Waals surface area contributed by atoms with Crippen LogP contribution in [0, 0.1) is 5.92 Å². The van der Waals surface area contributed by atoms with Gasteiger partial charge in [0.1, 0.15) is 0 Å². The van der Waals surface area contributed by atoms with Gasteiger partial charge in [0.25, 0.3) is 0 Å². The van der Waals surface area contributed by atoms with E-state index in [1.54, 1.807) is 12.3 Å². The Morgan fingerprint density at radius 3 is 2.95 bits per heavy atom. The largest absolute Gasteiger partial charge is 0.381 e. The number of anilines is 1. The number of hydrogen-bond donors (Lipinski definition) is 1. The van der Waals surface area contributed by atoms with Crippen LogP contribution in [0.2, 0.25) is 0 Å². The van der Waals surface area contributed by atoms with E-state index in [1.165, 1.54) is 0 Å². The zero-order chi connectivity index (χ0) is 13.7. The van der Waals surface area contributed by atoms with Gasteiger partial charge >= 0.3 is 0 Å². The van der Waals surface area contributed by atoms with Crippen LogP contribution in [0.15, 0.2) is 24.0 Å². The Kier molecular flexibility index (Phi) is 4.74. The van der Waals surface area contributed by atoms with Crippen molar-refractivity contribution in [2.45, 2.75) is 33.2 Å². The Balaban J connectivity index is 1.88. The molecule has 1 amide bonds. The second kappa shape index (κ2) is 6.52. The van der Waals surface area contributed by atoms with E-state index in [-0.39, 0.29) is 5.91 Å². The molecule has 19 heavy (non-hydrogen) atoms. The van der Waals surface area contributed by atoms with Crippen molar-refractivity contribution < 1.29 is 9.53 Å². The fourth-order valence-corrected chi connectivity index (χ4v) is 2.16. The lowest BCUT2D eigenvalue weighted by molar-refractivity contribution is -0.111. The van der Waals surface area contributed by atoms with E-state index < -0.39 is 0 Å². The molecule has 1 N–H and O–H groups in total. The summed E-state index contributed by atoms with van der Waals surface area (Å²) in [5, 5.41) is 7.09. The number of ether oxygens (including phenoxy) is 1. The molecule has 1 fully saturated rings. The highest BCUT2D eigenvalue weighted by atomic mass is 16.5. The number of amides is 1. The third kappa shape index (κ3) is 4.52. The first-order valence-corrected chi connectivity index (χ1v) is 6.69. The van der Waals surface area contributed by atoms with Crippen molar-refractivity contribution in [1.29, 1.82) is 0 Å². The first kappa shape index (κ1) is 13.8. The number of nitrogens with zero attached hydrogens (tertiary/aromatic N) is 2. The van der Waals surface area contributed by atoms with Gasteiger partial charge in [0.2, 0.25) is 5.91 Å². The Bertz CT molecular complexity index is 455. The quantitative estimate of drug-likeness (QED) is 0.847. The molecule has 0 unspecified atom stereocenters. The van der Waals surface area contributed by atoms with Crippen LogP contribution in [-0.2, 0) is 16.1 Å². The summed E-state index contributed by atoms with van der Waals surface area (Å²) in [5.74, 6) is 0.514. The molecule has 0 radical (unpaired) electrons. The normalized spacial score (nSPS) is 16.1. The Labute approximate surface area is 113 Å². The van der Waals surface area contributed by atoms with Gasteiger partial charge in [-0.1, -0.05) is 5.57 Å². The average molecular weight is 263 g/mol. The van der Waals surface area contributed by atoms with Crippen LogP contribution in [0.25, 0.3) is 0 Å². The molecule has 1 aliphatic heterocycles. The maximum atomic E-state index is 11.6. The highest BCUT2D eigenvalue weighted by molar-refractivity contribution is 5.99. The summed E-state index contributed by atoms with van der Waals surface area (Å²) in [5.41, 5.74) is 1.72. The third-order valence-corrected chi connectivity index (χ3v) is 3.11. The van der Waals surface area contributed by atoms with Crippen molar-refractivity contribution in [2.75, 3.05) is 18.5 Å². The van der Waals surface area contributed by atoms with E-state index in [0.29, 0.717) is 5.92 Å². The van der Waals surface area contributed by atoms with E-state index >= 15 is 0 Å². The molecule has 1 aliphatic rings. The molecule has 0 spiro atoms. The first-order valence-electron chi connectivity index (χ1n) is 6.69. The van der Waals surface area contributed by atoms with Crippen LogP contribution in [0.3, 0.4) is 0 Å². The van der Waals surface area contributed by atoms with Crippen LogP contribution in [0.1, 0.15) is 26.7 Å². The Morgan fingerprint density at radius 2 is 2.26 bits per heavy atom. The SMILES string of the molecule is CC(C)=CC(=O)Nc1cnn(CC2CCOCC2)c1. The van der Waals surface area contributed by atoms with Gasteiger partial charge in [0.15, 0.2) is 0 Å². The molecule has 5 nitrogen and oxygen atoms in total. The summed E-state index contributed by atoms with van der Waals surface area (Å²) in [4.78, 5) is 11.6. The molecule has 0 saturated carbocycles. The van der Waals surface area contributed by atoms with Crippen molar-refractivity contribution in [3.8, 4) is 0 Å². The summed E-state index contributed by atoms with van der Waals surface area (Å²) in [6.07, 6.45) is 7.32. The minimum Gasteiger partial charge on any atom is -0.381 e. The molecule has 1 aromatic rings. The molecule has 0 aromatic carbocycles. The number of hydrogen-bond acceptors (Lipinski definition) is 3. The van der Waals surface area contributed by atoms with Crippen molar-refractivity contribution in [1.82, 2.24) is 9.78 Å². The van der Waals surface area contributed by atoms with Crippen LogP contribution < -0.4 is 5.32 Å². The lowest BCUT2D eigenvalue weighted by Gasteiger charge is -2.21. The number of allylic oxidation sites excluding steroid dienone is 1. The monoisotopic (exact) mass is 263 g/mol. The minimum absolute atomic E-state index is 0.106. The molecule has 0 atom stereocenters. The number of nitrogens with one attached hydrogen (secondary N) is 1. The fourth-order valence-electron chi connectivity index (χ4n) is 2.16. The third-order valence-electron chi connectivity index (χ3n) is 3.11. The summed E-state index contributed by atoms with van der Waals surface area (Å²) in [6.45, 7) is 6.37. The Hall–Kier alpha value is -1.62. The van der Waals surface area contributed by atoms with Gasteiger partial charge in [-0.3, -0.25) is 9.48 Å².